The molecule has 2 atom stereocenters. The van der Waals surface area contributed by atoms with Gasteiger partial charge in [0.15, 0.2) is 0 Å². The first kappa shape index (κ1) is 13.1. The van der Waals surface area contributed by atoms with Gasteiger partial charge in [0.1, 0.15) is 0 Å². The zero-order valence-electron chi connectivity index (χ0n) is 10.4. The van der Waals surface area contributed by atoms with Crippen LogP contribution in [0.3, 0.4) is 0 Å². The lowest BCUT2D eigenvalue weighted by Gasteiger charge is -2.25. The molecule has 0 radical (unpaired) electrons. The van der Waals surface area contributed by atoms with E-state index in [1.807, 2.05) is 0 Å². The molecule has 0 saturated carbocycles. The zero-order valence-corrected chi connectivity index (χ0v) is 12.0. The number of rotatable bonds is 4. The molecule has 1 aromatic rings. The fraction of sp³-hybridized carbons (Fsp3) is 0.571. The Morgan fingerprint density at radius 2 is 2.24 bits per heavy atom. The number of aryl methyl sites for hydroxylation is 1. The Hall–Kier alpha value is -0.380. The molecule has 2 rings (SSSR count). The van der Waals surface area contributed by atoms with E-state index in [4.69, 9.17) is 0 Å². The highest BCUT2D eigenvalue weighted by Crippen LogP contribution is 2.33. The van der Waals surface area contributed by atoms with Crippen LogP contribution in [0.4, 0.5) is 0 Å². The molecule has 2 unspecified atom stereocenters. The van der Waals surface area contributed by atoms with E-state index in [2.05, 4.69) is 53.3 Å². The van der Waals surface area contributed by atoms with Crippen molar-refractivity contribution in [3.05, 3.63) is 33.8 Å². The van der Waals surface area contributed by atoms with Crippen molar-refractivity contribution in [2.24, 2.45) is 5.92 Å². The second kappa shape index (κ2) is 5.51. The SMILES string of the molecule is CC(C)C(CO)NC1CCc2cc(Br)ccc21. The Balaban J connectivity index is 2.11. The van der Waals surface area contributed by atoms with Gasteiger partial charge in [0.2, 0.25) is 0 Å². The zero-order chi connectivity index (χ0) is 12.4. The fourth-order valence-electron chi connectivity index (χ4n) is 2.47. The van der Waals surface area contributed by atoms with Crippen molar-refractivity contribution in [1.82, 2.24) is 5.32 Å². The Labute approximate surface area is 112 Å². The van der Waals surface area contributed by atoms with Gasteiger partial charge in [-0.3, -0.25) is 0 Å². The normalized spacial score (nSPS) is 20.6. The maximum absolute atomic E-state index is 9.38. The van der Waals surface area contributed by atoms with Gasteiger partial charge in [0.25, 0.3) is 0 Å². The van der Waals surface area contributed by atoms with E-state index in [-0.39, 0.29) is 12.6 Å². The molecule has 1 aromatic carbocycles. The third-order valence-corrected chi connectivity index (χ3v) is 4.09. The number of aliphatic hydroxyl groups is 1. The highest BCUT2D eigenvalue weighted by atomic mass is 79.9. The summed E-state index contributed by atoms with van der Waals surface area (Å²) in [5.74, 6) is 0.458. The average Bonchev–Trinajstić information content (AvgIpc) is 2.67. The molecule has 0 bridgehead atoms. The first-order valence-corrected chi connectivity index (χ1v) is 7.06. The van der Waals surface area contributed by atoms with Crippen LogP contribution in [0.2, 0.25) is 0 Å². The quantitative estimate of drug-likeness (QED) is 0.895. The molecule has 2 N–H and O–H groups in total. The molecule has 1 aliphatic rings. The smallest absolute Gasteiger partial charge is 0.0587 e. The first-order chi connectivity index (χ1) is 8.11. The molecule has 0 aliphatic heterocycles. The number of benzene rings is 1. The predicted molar refractivity (Wildman–Crippen MR) is 74.1 cm³/mol. The van der Waals surface area contributed by atoms with Gasteiger partial charge in [-0.1, -0.05) is 35.8 Å². The van der Waals surface area contributed by atoms with Crippen molar-refractivity contribution in [3.63, 3.8) is 0 Å². The van der Waals surface area contributed by atoms with Gasteiger partial charge in [0.05, 0.1) is 6.61 Å². The number of aliphatic hydroxyl groups excluding tert-OH is 1. The number of fused-ring (bicyclic) bond motifs is 1. The molecule has 0 aromatic heterocycles. The van der Waals surface area contributed by atoms with Crippen molar-refractivity contribution in [1.29, 1.82) is 0 Å². The highest BCUT2D eigenvalue weighted by Gasteiger charge is 2.25. The Morgan fingerprint density at radius 1 is 1.47 bits per heavy atom. The summed E-state index contributed by atoms with van der Waals surface area (Å²) in [5.41, 5.74) is 2.82. The molecule has 0 fully saturated rings. The van der Waals surface area contributed by atoms with Crippen LogP contribution in [-0.4, -0.2) is 17.8 Å². The van der Waals surface area contributed by atoms with Gasteiger partial charge < -0.3 is 10.4 Å². The molecule has 3 heteroatoms. The summed E-state index contributed by atoms with van der Waals surface area (Å²) in [7, 11) is 0. The molecule has 0 saturated heterocycles. The maximum Gasteiger partial charge on any atom is 0.0587 e. The summed E-state index contributed by atoms with van der Waals surface area (Å²) in [6.07, 6.45) is 2.26. The van der Waals surface area contributed by atoms with Gasteiger partial charge >= 0.3 is 0 Å². The number of halogens is 1. The van der Waals surface area contributed by atoms with Crippen molar-refractivity contribution in [3.8, 4) is 0 Å². The molecular formula is C14H20BrNO. The maximum atomic E-state index is 9.38. The Morgan fingerprint density at radius 3 is 2.88 bits per heavy atom. The molecule has 0 amide bonds. The highest BCUT2D eigenvalue weighted by molar-refractivity contribution is 9.10. The van der Waals surface area contributed by atoms with Gasteiger partial charge in [-0.15, -0.1) is 0 Å². The van der Waals surface area contributed by atoms with E-state index >= 15 is 0 Å². The van der Waals surface area contributed by atoms with Crippen LogP contribution in [0, 0.1) is 5.92 Å². The van der Waals surface area contributed by atoms with Gasteiger partial charge in [-0.25, -0.2) is 0 Å². The van der Waals surface area contributed by atoms with Crippen molar-refractivity contribution < 1.29 is 5.11 Å². The largest absolute Gasteiger partial charge is 0.395 e. The minimum Gasteiger partial charge on any atom is -0.395 e. The van der Waals surface area contributed by atoms with Crippen LogP contribution in [0.25, 0.3) is 0 Å². The monoisotopic (exact) mass is 297 g/mol. The molecule has 2 nitrogen and oxygen atoms in total. The van der Waals surface area contributed by atoms with Crippen molar-refractivity contribution in [2.75, 3.05) is 6.61 Å². The summed E-state index contributed by atoms with van der Waals surface area (Å²) in [5, 5.41) is 13.0. The molecule has 0 spiro atoms. The first-order valence-electron chi connectivity index (χ1n) is 6.27. The standard InChI is InChI=1S/C14H20BrNO/c1-9(2)14(8-17)16-13-6-3-10-7-11(15)4-5-12(10)13/h4-5,7,9,13-14,16-17H,3,6,8H2,1-2H3. The van der Waals surface area contributed by atoms with Crippen LogP contribution < -0.4 is 5.32 Å². The van der Waals surface area contributed by atoms with Crippen LogP contribution >= 0.6 is 15.9 Å². The summed E-state index contributed by atoms with van der Waals surface area (Å²) in [6, 6.07) is 7.09. The van der Waals surface area contributed by atoms with E-state index in [0.29, 0.717) is 12.0 Å². The number of hydrogen-bond acceptors (Lipinski definition) is 2. The summed E-state index contributed by atoms with van der Waals surface area (Å²) < 4.78 is 1.15. The second-order valence-corrected chi connectivity index (χ2v) is 6.05. The van der Waals surface area contributed by atoms with Gasteiger partial charge in [-0.05, 0) is 42.0 Å². The Kier molecular flexibility index (Phi) is 4.23. The van der Waals surface area contributed by atoms with E-state index in [0.717, 1.165) is 17.3 Å². The minimum atomic E-state index is 0.189. The molecule has 0 heterocycles. The van der Waals surface area contributed by atoms with E-state index in [9.17, 15) is 5.11 Å². The number of hydrogen-bond donors (Lipinski definition) is 2. The summed E-state index contributed by atoms with van der Waals surface area (Å²) in [6.45, 7) is 4.50. The van der Waals surface area contributed by atoms with Gasteiger partial charge in [-0.2, -0.15) is 0 Å². The van der Waals surface area contributed by atoms with Crippen LogP contribution in [0.1, 0.15) is 37.4 Å². The predicted octanol–water partition coefficient (Wildman–Crippen LogP) is 3.04. The second-order valence-electron chi connectivity index (χ2n) is 5.13. The fourth-order valence-corrected chi connectivity index (χ4v) is 2.88. The molecular weight excluding hydrogens is 278 g/mol. The molecule has 17 heavy (non-hydrogen) atoms. The van der Waals surface area contributed by atoms with Crippen LogP contribution in [0.5, 0.6) is 0 Å². The lowest BCUT2D eigenvalue weighted by atomic mass is 10.0. The average molecular weight is 298 g/mol. The third kappa shape index (κ3) is 2.90. The van der Waals surface area contributed by atoms with E-state index < -0.39 is 0 Å². The van der Waals surface area contributed by atoms with E-state index in [1.165, 1.54) is 11.1 Å². The van der Waals surface area contributed by atoms with Gasteiger partial charge in [0, 0.05) is 16.6 Å². The summed E-state index contributed by atoms with van der Waals surface area (Å²) in [4.78, 5) is 0. The lowest BCUT2D eigenvalue weighted by molar-refractivity contribution is 0.199. The molecule has 1 aliphatic carbocycles. The van der Waals surface area contributed by atoms with Crippen molar-refractivity contribution >= 4 is 15.9 Å². The van der Waals surface area contributed by atoms with Crippen LogP contribution in [-0.2, 0) is 6.42 Å². The Bertz CT molecular complexity index is 392. The van der Waals surface area contributed by atoms with Crippen LogP contribution in [0.15, 0.2) is 22.7 Å². The summed E-state index contributed by atoms with van der Waals surface area (Å²) >= 11 is 3.51. The topological polar surface area (TPSA) is 32.3 Å². The van der Waals surface area contributed by atoms with Crippen molar-refractivity contribution in [2.45, 2.75) is 38.8 Å². The minimum absolute atomic E-state index is 0.189. The number of nitrogens with one attached hydrogen (secondary N) is 1. The lowest BCUT2D eigenvalue weighted by Crippen LogP contribution is -2.38. The third-order valence-electron chi connectivity index (χ3n) is 3.60. The van der Waals surface area contributed by atoms with E-state index in [1.54, 1.807) is 0 Å². The molecule has 94 valence electrons.